The fourth-order valence-corrected chi connectivity index (χ4v) is 2.68. The lowest BCUT2D eigenvalue weighted by Crippen LogP contribution is -2.36. The van der Waals surface area contributed by atoms with Gasteiger partial charge in [-0.2, -0.15) is 13.2 Å². The first-order valence-electron chi connectivity index (χ1n) is 6.66. The van der Waals surface area contributed by atoms with Crippen molar-refractivity contribution in [3.8, 4) is 0 Å². The van der Waals surface area contributed by atoms with Gasteiger partial charge in [0.1, 0.15) is 0 Å². The van der Waals surface area contributed by atoms with Crippen LogP contribution in [0.15, 0.2) is 18.3 Å². The molecule has 1 aliphatic rings. The molecule has 2 rings (SSSR count). The van der Waals surface area contributed by atoms with E-state index in [0.717, 1.165) is 12.8 Å². The van der Waals surface area contributed by atoms with E-state index in [2.05, 4.69) is 18.8 Å². The molecule has 2 nitrogen and oxygen atoms in total. The third-order valence-corrected chi connectivity index (χ3v) is 3.88. The summed E-state index contributed by atoms with van der Waals surface area (Å²) in [4.78, 5) is 5.33. The third-order valence-electron chi connectivity index (χ3n) is 3.88. The molecule has 5 heteroatoms. The van der Waals surface area contributed by atoms with E-state index in [-0.39, 0.29) is 5.69 Å². The maximum atomic E-state index is 12.9. The smallest absolute Gasteiger partial charge is 0.370 e. The van der Waals surface area contributed by atoms with E-state index in [1.54, 1.807) is 6.07 Å². The first kappa shape index (κ1) is 14.2. The molecule has 1 fully saturated rings. The summed E-state index contributed by atoms with van der Waals surface area (Å²) in [5.41, 5.74) is -0.546. The summed E-state index contributed by atoms with van der Waals surface area (Å²) >= 11 is 0. The van der Waals surface area contributed by atoms with E-state index in [9.17, 15) is 13.2 Å². The average Bonchev–Trinajstić information content (AvgIpc) is 2.38. The number of halogens is 3. The van der Waals surface area contributed by atoms with Gasteiger partial charge in [0.15, 0.2) is 5.69 Å². The number of nitrogens with zero attached hydrogens (tertiary/aromatic N) is 2. The molecule has 0 aromatic carbocycles. The molecule has 0 unspecified atom stereocenters. The lowest BCUT2D eigenvalue weighted by molar-refractivity contribution is -0.140. The zero-order valence-electron chi connectivity index (χ0n) is 11.2. The number of aromatic nitrogens is 1. The van der Waals surface area contributed by atoms with E-state index < -0.39 is 11.9 Å². The second-order valence-electron chi connectivity index (χ2n) is 5.44. The van der Waals surface area contributed by atoms with Gasteiger partial charge in [-0.3, -0.25) is 0 Å². The number of piperidine rings is 1. The highest BCUT2D eigenvalue weighted by Crippen LogP contribution is 2.36. The van der Waals surface area contributed by atoms with Crippen LogP contribution in [0.25, 0.3) is 0 Å². The van der Waals surface area contributed by atoms with Gasteiger partial charge in [0, 0.05) is 19.3 Å². The molecule has 1 aromatic heterocycles. The molecule has 0 N–H and O–H groups in total. The normalized spacial score (nSPS) is 18.1. The molecule has 1 aromatic rings. The van der Waals surface area contributed by atoms with Crippen LogP contribution in [0.5, 0.6) is 0 Å². The van der Waals surface area contributed by atoms with E-state index in [1.165, 1.54) is 12.3 Å². The molecule has 19 heavy (non-hydrogen) atoms. The highest BCUT2D eigenvalue weighted by atomic mass is 19.4. The monoisotopic (exact) mass is 272 g/mol. The van der Waals surface area contributed by atoms with Gasteiger partial charge >= 0.3 is 6.18 Å². The van der Waals surface area contributed by atoms with Crippen LogP contribution in [0.1, 0.15) is 32.4 Å². The Bertz CT molecular complexity index is 421. The van der Waals surface area contributed by atoms with Crippen molar-refractivity contribution in [1.82, 2.24) is 4.98 Å². The minimum absolute atomic E-state index is 0.220. The van der Waals surface area contributed by atoms with Crippen LogP contribution in [0, 0.1) is 11.8 Å². The van der Waals surface area contributed by atoms with Gasteiger partial charge in [-0.15, -0.1) is 0 Å². The Morgan fingerprint density at radius 3 is 2.42 bits per heavy atom. The lowest BCUT2D eigenvalue weighted by atomic mass is 9.86. The minimum atomic E-state index is -4.38. The molecular weight excluding hydrogens is 253 g/mol. The van der Waals surface area contributed by atoms with Crippen LogP contribution in [-0.4, -0.2) is 18.1 Å². The van der Waals surface area contributed by atoms with Gasteiger partial charge < -0.3 is 4.90 Å². The Morgan fingerprint density at radius 1 is 1.26 bits per heavy atom. The molecule has 0 aliphatic carbocycles. The highest BCUT2D eigenvalue weighted by Gasteiger charge is 2.37. The minimum Gasteiger partial charge on any atom is -0.370 e. The first-order chi connectivity index (χ1) is 8.89. The van der Waals surface area contributed by atoms with E-state index >= 15 is 0 Å². The second-order valence-corrected chi connectivity index (χ2v) is 5.44. The Balaban J connectivity index is 2.16. The van der Waals surface area contributed by atoms with E-state index in [4.69, 9.17) is 0 Å². The zero-order chi connectivity index (χ0) is 14.0. The topological polar surface area (TPSA) is 16.1 Å². The van der Waals surface area contributed by atoms with Crippen LogP contribution in [0.4, 0.5) is 18.9 Å². The highest BCUT2D eigenvalue weighted by molar-refractivity contribution is 5.52. The summed E-state index contributed by atoms with van der Waals surface area (Å²) in [6.45, 7) is 5.70. The molecule has 2 heterocycles. The predicted octanol–water partition coefficient (Wildman–Crippen LogP) is 3.97. The summed E-state index contributed by atoms with van der Waals surface area (Å²) < 4.78 is 38.8. The van der Waals surface area contributed by atoms with Crippen molar-refractivity contribution in [3.63, 3.8) is 0 Å². The van der Waals surface area contributed by atoms with E-state index in [1.807, 2.05) is 4.90 Å². The maximum Gasteiger partial charge on any atom is 0.435 e. The van der Waals surface area contributed by atoms with Crippen molar-refractivity contribution >= 4 is 5.69 Å². The Kier molecular flexibility index (Phi) is 4.02. The van der Waals surface area contributed by atoms with Crippen molar-refractivity contribution in [3.05, 3.63) is 24.0 Å². The molecular formula is C14H19F3N2. The van der Waals surface area contributed by atoms with Crippen molar-refractivity contribution in [2.24, 2.45) is 11.8 Å². The largest absolute Gasteiger partial charge is 0.435 e. The molecule has 0 spiro atoms. The summed E-state index contributed by atoms with van der Waals surface area (Å²) in [7, 11) is 0. The molecule has 0 atom stereocenters. The summed E-state index contributed by atoms with van der Waals surface area (Å²) in [5, 5.41) is 0. The Labute approximate surface area is 111 Å². The van der Waals surface area contributed by atoms with Crippen LogP contribution >= 0.6 is 0 Å². The third kappa shape index (κ3) is 3.19. The molecule has 106 valence electrons. The number of hydrogen-bond donors (Lipinski definition) is 0. The predicted molar refractivity (Wildman–Crippen MR) is 69.0 cm³/mol. The number of rotatable bonds is 2. The van der Waals surface area contributed by atoms with Gasteiger partial charge in [0.2, 0.25) is 0 Å². The summed E-state index contributed by atoms with van der Waals surface area (Å²) in [6.07, 6.45) is -1.29. The molecule has 0 amide bonds. The second kappa shape index (κ2) is 5.39. The fraction of sp³-hybridized carbons (Fsp3) is 0.643. The number of pyridine rings is 1. The van der Waals surface area contributed by atoms with Gasteiger partial charge in [-0.1, -0.05) is 13.8 Å². The van der Waals surface area contributed by atoms with Gasteiger partial charge in [-0.05, 0) is 36.8 Å². The lowest BCUT2D eigenvalue weighted by Gasteiger charge is -2.36. The SMILES string of the molecule is CC(C)C1CCN(c2cccnc2C(F)(F)F)CC1. The van der Waals surface area contributed by atoms with E-state index in [0.29, 0.717) is 24.9 Å². The summed E-state index contributed by atoms with van der Waals surface area (Å²) in [6, 6.07) is 3.09. The van der Waals surface area contributed by atoms with Crippen molar-refractivity contribution < 1.29 is 13.2 Å². The van der Waals surface area contributed by atoms with Gasteiger partial charge in [0.05, 0.1) is 5.69 Å². The quantitative estimate of drug-likeness (QED) is 0.809. The number of hydrogen-bond acceptors (Lipinski definition) is 2. The standard InChI is InChI=1S/C14H19F3N2/c1-10(2)11-5-8-19(9-6-11)12-4-3-7-18-13(12)14(15,16)17/h3-4,7,10-11H,5-6,8-9H2,1-2H3. The molecule has 1 saturated heterocycles. The first-order valence-corrected chi connectivity index (χ1v) is 6.66. The Morgan fingerprint density at radius 2 is 1.89 bits per heavy atom. The van der Waals surface area contributed by atoms with Crippen LogP contribution < -0.4 is 4.90 Å². The van der Waals surface area contributed by atoms with Crippen LogP contribution in [0.3, 0.4) is 0 Å². The van der Waals surface area contributed by atoms with Crippen molar-refractivity contribution in [1.29, 1.82) is 0 Å². The fourth-order valence-electron chi connectivity index (χ4n) is 2.68. The van der Waals surface area contributed by atoms with Gasteiger partial charge in [-0.25, -0.2) is 4.98 Å². The molecule has 0 bridgehead atoms. The average molecular weight is 272 g/mol. The van der Waals surface area contributed by atoms with Crippen molar-refractivity contribution in [2.75, 3.05) is 18.0 Å². The molecule has 1 aliphatic heterocycles. The Hall–Kier alpha value is -1.26. The van der Waals surface area contributed by atoms with Gasteiger partial charge in [0.25, 0.3) is 0 Å². The molecule has 0 saturated carbocycles. The summed E-state index contributed by atoms with van der Waals surface area (Å²) in [5.74, 6) is 1.21. The van der Waals surface area contributed by atoms with Crippen molar-refractivity contribution in [2.45, 2.75) is 32.9 Å². The molecule has 0 radical (unpaired) electrons. The zero-order valence-corrected chi connectivity index (χ0v) is 11.2. The number of alkyl halides is 3. The number of anilines is 1. The van der Waals surface area contributed by atoms with Crippen LogP contribution in [0.2, 0.25) is 0 Å². The maximum absolute atomic E-state index is 12.9. The van der Waals surface area contributed by atoms with Crippen LogP contribution in [-0.2, 0) is 6.18 Å².